The number of ether oxygens (including phenoxy) is 1. The van der Waals surface area contributed by atoms with Crippen molar-refractivity contribution in [1.82, 2.24) is 19.7 Å². The number of amides is 1. The second-order valence-electron chi connectivity index (χ2n) is 9.66. The normalized spacial score (nSPS) is 15.7. The van der Waals surface area contributed by atoms with Crippen LogP contribution >= 0.6 is 11.6 Å². The number of aromatic nitrogens is 3. The summed E-state index contributed by atoms with van der Waals surface area (Å²) in [5, 5.41) is 15.7. The summed E-state index contributed by atoms with van der Waals surface area (Å²) in [6, 6.07) is 17.1. The van der Waals surface area contributed by atoms with Crippen molar-refractivity contribution in [3.05, 3.63) is 83.1 Å². The molecule has 0 spiro atoms. The standard InChI is InChI=1S/C29H32ClN5O3/c1-38-15-14-34(29(37)22-6-9-26(10-7-22)35-13-3-11-31-35)19-24-16-23-5-8-25(30)17-27(23)32-28(24)33-12-2-4-21(18-33)20-36/h3,5-11,13,16-17,21,36H,2,4,12,14-15,18-20H2,1H3. The van der Waals surface area contributed by atoms with Crippen molar-refractivity contribution in [1.29, 1.82) is 0 Å². The van der Waals surface area contributed by atoms with E-state index in [4.69, 9.17) is 21.3 Å². The number of carbonyl (C=O) groups is 1. The fourth-order valence-electron chi connectivity index (χ4n) is 4.99. The first-order valence-corrected chi connectivity index (χ1v) is 13.3. The molecule has 5 rings (SSSR count). The minimum atomic E-state index is -0.0805. The van der Waals surface area contributed by atoms with E-state index >= 15 is 0 Å². The van der Waals surface area contributed by atoms with Gasteiger partial charge in [-0.25, -0.2) is 9.67 Å². The van der Waals surface area contributed by atoms with Crippen LogP contribution in [0.2, 0.25) is 5.02 Å². The van der Waals surface area contributed by atoms with Crippen LogP contribution in [-0.2, 0) is 11.3 Å². The van der Waals surface area contributed by atoms with E-state index in [0.29, 0.717) is 30.3 Å². The maximum absolute atomic E-state index is 13.7. The fourth-order valence-corrected chi connectivity index (χ4v) is 5.16. The molecule has 1 amide bonds. The SMILES string of the molecule is COCCN(Cc1cc2ccc(Cl)cc2nc1N1CCCC(CO)C1)C(=O)c1ccc(-n2cccn2)cc1. The highest BCUT2D eigenvalue weighted by molar-refractivity contribution is 6.31. The monoisotopic (exact) mass is 533 g/mol. The quantitative estimate of drug-likeness (QED) is 0.339. The summed E-state index contributed by atoms with van der Waals surface area (Å²) in [7, 11) is 1.64. The zero-order valence-corrected chi connectivity index (χ0v) is 22.2. The molecule has 1 atom stereocenters. The molecule has 2 aromatic carbocycles. The number of piperidine rings is 1. The Labute approximate surface area is 227 Å². The number of nitrogens with zero attached hydrogens (tertiary/aromatic N) is 5. The summed E-state index contributed by atoms with van der Waals surface area (Å²) in [5.74, 6) is 0.957. The smallest absolute Gasteiger partial charge is 0.254 e. The minimum absolute atomic E-state index is 0.0805. The summed E-state index contributed by atoms with van der Waals surface area (Å²) in [6.07, 6.45) is 5.56. The van der Waals surface area contributed by atoms with E-state index in [2.05, 4.69) is 16.1 Å². The van der Waals surface area contributed by atoms with Crippen molar-refractivity contribution in [2.24, 2.45) is 5.92 Å². The Bertz CT molecular complexity index is 1380. The molecule has 1 aliphatic rings. The van der Waals surface area contributed by atoms with Crippen LogP contribution in [0.15, 0.2) is 67.0 Å². The van der Waals surface area contributed by atoms with Gasteiger partial charge in [0.2, 0.25) is 0 Å². The molecule has 0 bridgehead atoms. The number of benzene rings is 2. The van der Waals surface area contributed by atoms with E-state index in [1.165, 1.54) is 0 Å². The maximum atomic E-state index is 13.7. The predicted molar refractivity (Wildman–Crippen MR) is 149 cm³/mol. The van der Waals surface area contributed by atoms with Crippen LogP contribution in [0.5, 0.6) is 0 Å². The largest absolute Gasteiger partial charge is 0.396 e. The second kappa shape index (κ2) is 11.9. The summed E-state index contributed by atoms with van der Waals surface area (Å²) in [4.78, 5) is 22.8. The van der Waals surface area contributed by atoms with Gasteiger partial charge < -0.3 is 19.6 Å². The third kappa shape index (κ3) is 5.83. The van der Waals surface area contributed by atoms with Crippen molar-refractivity contribution in [2.75, 3.05) is 44.9 Å². The van der Waals surface area contributed by atoms with Crippen LogP contribution < -0.4 is 4.90 Å². The van der Waals surface area contributed by atoms with E-state index in [-0.39, 0.29) is 18.4 Å². The first-order chi connectivity index (χ1) is 18.6. The number of hydrogen-bond acceptors (Lipinski definition) is 6. The van der Waals surface area contributed by atoms with Gasteiger partial charge >= 0.3 is 0 Å². The number of aliphatic hydroxyl groups excluding tert-OH is 1. The molecule has 0 saturated carbocycles. The Hall–Kier alpha value is -3.46. The maximum Gasteiger partial charge on any atom is 0.254 e. The summed E-state index contributed by atoms with van der Waals surface area (Å²) in [6.45, 7) is 2.96. The lowest BCUT2D eigenvalue weighted by Crippen LogP contribution is -2.39. The number of halogens is 1. The van der Waals surface area contributed by atoms with Crippen molar-refractivity contribution >= 4 is 34.2 Å². The molecule has 1 aliphatic heterocycles. The van der Waals surface area contributed by atoms with Crippen LogP contribution in [0, 0.1) is 5.92 Å². The van der Waals surface area contributed by atoms with Crippen LogP contribution in [0.4, 0.5) is 5.82 Å². The lowest BCUT2D eigenvalue weighted by Gasteiger charge is -2.35. The van der Waals surface area contributed by atoms with Gasteiger partial charge in [0.1, 0.15) is 5.82 Å². The van der Waals surface area contributed by atoms with E-state index < -0.39 is 0 Å². The zero-order chi connectivity index (χ0) is 26.5. The first-order valence-electron chi connectivity index (χ1n) is 12.9. The average molecular weight is 534 g/mol. The Morgan fingerprint density at radius 2 is 2.05 bits per heavy atom. The lowest BCUT2D eigenvalue weighted by molar-refractivity contribution is 0.0680. The fraction of sp³-hybridized carbons (Fsp3) is 0.345. The summed E-state index contributed by atoms with van der Waals surface area (Å²) >= 11 is 6.28. The highest BCUT2D eigenvalue weighted by Gasteiger charge is 2.25. The van der Waals surface area contributed by atoms with Gasteiger partial charge in [0.25, 0.3) is 5.91 Å². The molecule has 1 unspecified atom stereocenters. The van der Waals surface area contributed by atoms with Crippen molar-refractivity contribution < 1.29 is 14.6 Å². The molecular weight excluding hydrogens is 502 g/mol. The number of pyridine rings is 1. The van der Waals surface area contributed by atoms with Crippen molar-refractivity contribution in [2.45, 2.75) is 19.4 Å². The molecular formula is C29H32ClN5O3. The third-order valence-electron chi connectivity index (χ3n) is 7.01. The topological polar surface area (TPSA) is 83.7 Å². The number of anilines is 1. The van der Waals surface area contributed by atoms with Crippen molar-refractivity contribution in [3.8, 4) is 5.69 Å². The molecule has 8 nitrogen and oxygen atoms in total. The minimum Gasteiger partial charge on any atom is -0.396 e. The van der Waals surface area contributed by atoms with E-state index in [1.54, 1.807) is 18.0 Å². The van der Waals surface area contributed by atoms with Gasteiger partial charge in [-0.15, -0.1) is 0 Å². The highest BCUT2D eigenvalue weighted by atomic mass is 35.5. The first kappa shape index (κ1) is 26.2. The molecule has 9 heteroatoms. The highest BCUT2D eigenvalue weighted by Crippen LogP contribution is 2.30. The van der Waals surface area contributed by atoms with Gasteiger partial charge in [-0.1, -0.05) is 17.7 Å². The second-order valence-corrected chi connectivity index (χ2v) is 10.1. The number of rotatable bonds is 9. The molecule has 2 aromatic heterocycles. The molecule has 38 heavy (non-hydrogen) atoms. The van der Waals surface area contributed by atoms with Crippen LogP contribution in [0.3, 0.4) is 0 Å². The summed E-state index contributed by atoms with van der Waals surface area (Å²) in [5.41, 5.74) is 3.25. The third-order valence-corrected chi connectivity index (χ3v) is 7.24. The molecule has 1 saturated heterocycles. The molecule has 3 heterocycles. The van der Waals surface area contributed by atoms with E-state index in [9.17, 15) is 9.90 Å². The van der Waals surface area contributed by atoms with Crippen LogP contribution in [-0.4, -0.2) is 70.6 Å². The number of aliphatic hydroxyl groups is 1. The molecule has 4 aromatic rings. The molecule has 0 radical (unpaired) electrons. The van der Waals surface area contributed by atoms with Gasteiger partial charge in [-0.2, -0.15) is 5.10 Å². The van der Waals surface area contributed by atoms with Gasteiger partial charge in [0, 0.05) is 73.8 Å². The van der Waals surface area contributed by atoms with Crippen LogP contribution in [0.1, 0.15) is 28.8 Å². The van der Waals surface area contributed by atoms with Gasteiger partial charge in [0.05, 0.1) is 17.8 Å². The lowest BCUT2D eigenvalue weighted by atomic mass is 9.98. The number of carbonyl (C=O) groups excluding carboxylic acids is 1. The Morgan fingerprint density at radius 3 is 2.79 bits per heavy atom. The van der Waals surface area contributed by atoms with Crippen LogP contribution in [0.25, 0.3) is 16.6 Å². The average Bonchev–Trinajstić information content (AvgIpc) is 3.50. The van der Waals surface area contributed by atoms with Gasteiger partial charge in [-0.3, -0.25) is 4.79 Å². The molecule has 1 fully saturated rings. The predicted octanol–water partition coefficient (Wildman–Crippen LogP) is 4.57. The Balaban J connectivity index is 1.48. The Morgan fingerprint density at radius 1 is 1.21 bits per heavy atom. The van der Waals surface area contributed by atoms with Gasteiger partial charge in [0.15, 0.2) is 0 Å². The molecule has 1 N–H and O–H groups in total. The summed E-state index contributed by atoms with van der Waals surface area (Å²) < 4.78 is 7.11. The number of fused-ring (bicyclic) bond motifs is 1. The Kier molecular flexibility index (Phi) is 8.22. The van der Waals surface area contributed by atoms with E-state index in [1.807, 2.05) is 59.6 Å². The number of methoxy groups -OCH3 is 1. The van der Waals surface area contributed by atoms with E-state index in [0.717, 1.165) is 53.9 Å². The molecule has 198 valence electrons. The van der Waals surface area contributed by atoms with Gasteiger partial charge in [-0.05, 0) is 67.3 Å². The number of hydrogen-bond donors (Lipinski definition) is 1. The van der Waals surface area contributed by atoms with Crippen molar-refractivity contribution in [3.63, 3.8) is 0 Å². The zero-order valence-electron chi connectivity index (χ0n) is 21.5. The molecule has 0 aliphatic carbocycles.